The van der Waals surface area contributed by atoms with E-state index in [1.165, 1.54) is 6.42 Å². The number of nitrogens with two attached hydrogens (primary N) is 1. The van der Waals surface area contributed by atoms with E-state index in [0.29, 0.717) is 5.92 Å². The molecular formula is C14H24ClN3. The van der Waals surface area contributed by atoms with Crippen LogP contribution in [0.4, 0.5) is 0 Å². The SMILES string of the molecule is Cc1nn(C)c(Cl)c1CC1(N)CCC(C)C(C)C1. The summed E-state index contributed by atoms with van der Waals surface area (Å²) in [5.74, 6) is 1.48. The second-order valence-electron chi connectivity index (χ2n) is 6.21. The first-order valence-electron chi connectivity index (χ1n) is 6.79. The fourth-order valence-corrected chi connectivity index (χ4v) is 3.37. The Labute approximate surface area is 115 Å². The summed E-state index contributed by atoms with van der Waals surface area (Å²) in [6.07, 6.45) is 4.24. The van der Waals surface area contributed by atoms with Gasteiger partial charge in [0.1, 0.15) is 5.15 Å². The van der Waals surface area contributed by atoms with Crippen LogP contribution in [0.25, 0.3) is 0 Å². The lowest BCUT2D eigenvalue weighted by atomic mass is 9.69. The summed E-state index contributed by atoms with van der Waals surface area (Å²) in [5, 5.41) is 5.11. The normalized spacial score (nSPS) is 32.8. The van der Waals surface area contributed by atoms with E-state index < -0.39 is 0 Å². The first-order chi connectivity index (χ1) is 8.32. The van der Waals surface area contributed by atoms with Crippen molar-refractivity contribution in [1.82, 2.24) is 9.78 Å². The van der Waals surface area contributed by atoms with Crippen LogP contribution in [0.5, 0.6) is 0 Å². The minimum atomic E-state index is -0.108. The number of aromatic nitrogens is 2. The Bertz CT molecular complexity index is 440. The van der Waals surface area contributed by atoms with Gasteiger partial charge in [-0.1, -0.05) is 25.4 Å². The van der Waals surface area contributed by atoms with Gasteiger partial charge in [0, 0.05) is 18.2 Å². The Kier molecular flexibility index (Phi) is 3.75. The quantitative estimate of drug-likeness (QED) is 0.897. The molecule has 1 heterocycles. The Morgan fingerprint density at radius 2 is 2.11 bits per heavy atom. The van der Waals surface area contributed by atoms with Gasteiger partial charge in [0.05, 0.1) is 5.69 Å². The van der Waals surface area contributed by atoms with Crippen LogP contribution in [0, 0.1) is 18.8 Å². The zero-order valence-electron chi connectivity index (χ0n) is 11.8. The van der Waals surface area contributed by atoms with Gasteiger partial charge < -0.3 is 5.73 Å². The zero-order chi connectivity index (χ0) is 13.5. The molecule has 1 saturated carbocycles. The Morgan fingerprint density at radius 3 is 2.61 bits per heavy atom. The molecule has 0 aliphatic heterocycles. The van der Waals surface area contributed by atoms with Crippen molar-refractivity contribution >= 4 is 11.6 Å². The molecular weight excluding hydrogens is 246 g/mol. The molecule has 3 nitrogen and oxygen atoms in total. The summed E-state index contributed by atoms with van der Waals surface area (Å²) < 4.78 is 1.74. The van der Waals surface area contributed by atoms with Gasteiger partial charge in [0.2, 0.25) is 0 Å². The second-order valence-corrected chi connectivity index (χ2v) is 6.57. The summed E-state index contributed by atoms with van der Waals surface area (Å²) in [4.78, 5) is 0. The molecule has 1 aliphatic carbocycles. The monoisotopic (exact) mass is 269 g/mol. The summed E-state index contributed by atoms with van der Waals surface area (Å²) in [5.41, 5.74) is 8.63. The first-order valence-corrected chi connectivity index (χ1v) is 7.17. The third kappa shape index (κ3) is 2.57. The molecule has 0 aromatic carbocycles. The molecule has 102 valence electrons. The molecule has 2 N–H and O–H groups in total. The molecule has 3 unspecified atom stereocenters. The molecule has 3 atom stereocenters. The number of aryl methyl sites for hydroxylation is 2. The van der Waals surface area contributed by atoms with E-state index in [-0.39, 0.29) is 5.54 Å². The molecule has 1 aromatic rings. The second kappa shape index (κ2) is 4.86. The molecule has 0 spiro atoms. The fraction of sp³-hybridized carbons (Fsp3) is 0.786. The van der Waals surface area contributed by atoms with Crippen LogP contribution < -0.4 is 5.73 Å². The van der Waals surface area contributed by atoms with E-state index >= 15 is 0 Å². The molecule has 2 rings (SSSR count). The van der Waals surface area contributed by atoms with Crippen molar-refractivity contribution in [2.45, 2.75) is 52.0 Å². The van der Waals surface area contributed by atoms with E-state index in [0.717, 1.165) is 41.6 Å². The van der Waals surface area contributed by atoms with Gasteiger partial charge in [-0.2, -0.15) is 5.10 Å². The highest BCUT2D eigenvalue weighted by Crippen LogP contribution is 2.37. The minimum Gasteiger partial charge on any atom is -0.325 e. The summed E-state index contributed by atoms with van der Waals surface area (Å²) in [6, 6.07) is 0. The molecule has 18 heavy (non-hydrogen) atoms. The number of hydrogen-bond acceptors (Lipinski definition) is 2. The third-order valence-corrected chi connectivity index (χ3v) is 5.07. The van der Waals surface area contributed by atoms with E-state index in [9.17, 15) is 0 Å². The van der Waals surface area contributed by atoms with Crippen LogP contribution in [0.1, 0.15) is 44.4 Å². The minimum absolute atomic E-state index is 0.108. The highest BCUT2D eigenvalue weighted by Gasteiger charge is 2.35. The molecule has 0 saturated heterocycles. The molecule has 1 aromatic heterocycles. The largest absolute Gasteiger partial charge is 0.325 e. The molecule has 0 bridgehead atoms. The van der Waals surface area contributed by atoms with Crippen LogP contribution >= 0.6 is 11.6 Å². The van der Waals surface area contributed by atoms with Crippen molar-refractivity contribution in [2.75, 3.05) is 0 Å². The van der Waals surface area contributed by atoms with E-state index in [2.05, 4.69) is 18.9 Å². The van der Waals surface area contributed by atoms with Crippen LogP contribution in [-0.4, -0.2) is 15.3 Å². The molecule has 0 amide bonds. The van der Waals surface area contributed by atoms with Gasteiger partial charge in [-0.25, -0.2) is 0 Å². The van der Waals surface area contributed by atoms with Crippen molar-refractivity contribution < 1.29 is 0 Å². The van der Waals surface area contributed by atoms with Crippen LogP contribution in [0.15, 0.2) is 0 Å². The van der Waals surface area contributed by atoms with Gasteiger partial charge in [0.25, 0.3) is 0 Å². The topological polar surface area (TPSA) is 43.8 Å². The van der Waals surface area contributed by atoms with Crippen molar-refractivity contribution in [3.63, 3.8) is 0 Å². The number of nitrogens with zero attached hydrogens (tertiary/aromatic N) is 2. The number of halogens is 1. The highest BCUT2D eigenvalue weighted by molar-refractivity contribution is 6.30. The van der Waals surface area contributed by atoms with E-state index in [1.807, 2.05) is 14.0 Å². The van der Waals surface area contributed by atoms with Crippen molar-refractivity contribution in [3.05, 3.63) is 16.4 Å². The lowest BCUT2D eigenvalue weighted by Crippen LogP contribution is -2.47. The van der Waals surface area contributed by atoms with Gasteiger partial charge in [0.15, 0.2) is 0 Å². The van der Waals surface area contributed by atoms with Crippen molar-refractivity contribution in [1.29, 1.82) is 0 Å². The fourth-order valence-electron chi connectivity index (χ4n) is 3.13. The average Bonchev–Trinajstić information content (AvgIpc) is 2.51. The predicted molar refractivity (Wildman–Crippen MR) is 75.8 cm³/mol. The number of rotatable bonds is 2. The lowest BCUT2D eigenvalue weighted by molar-refractivity contribution is 0.175. The lowest BCUT2D eigenvalue weighted by Gasteiger charge is -2.40. The van der Waals surface area contributed by atoms with Crippen molar-refractivity contribution in [2.24, 2.45) is 24.6 Å². The standard InChI is InChI=1S/C14H24ClN3/c1-9-5-6-14(16,7-10(9)2)8-12-11(3)17-18(4)13(12)15/h9-10H,5-8,16H2,1-4H3. The first kappa shape index (κ1) is 13.9. The predicted octanol–water partition coefficient (Wildman–Crippen LogP) is 3.08. The molecule has 1 fully saturated rings. The maximum absolute atomic E-state index is 6.60. The Morgan fingerprint density at radius 1 is 1.44 bits per heavy atom. The highest BCUT2D eigenvalue weighted by atomic mass is 35.5. The Balaban J connectivity index is 2.18. The maximum Gasteiger partial charge on any atom is 0.130 e. The molecule has 1 aliphatic rings. The third-order valence-electron chi connectivity index (χ3n) is 4.60. The van der Waals surface area contributed by atoms with Gasteiger partial charge in [-0.3, -0.25) is 4.68 Å². The zero-order valence-corrected chi connectivity index (χ0v) is 12.6. The van der Waals surface area contributed by atoms with Crippen LogP contribution in [0.2, 0.25) is 5.15 Å². The summed E-state index contributed by atoms with van der Waals surface area (Å²) >= 11 is 6.31. The smallest absolute Gasteiger partial charge is 0.130 e. The van der Waals surface area contributed by atoms with Crippen LogP contribution in [0.3, 0.4) is 0 Å². The summed E-state index contributed by atoms with van der Waals surface area (Å²) in [7, 11) is 1.88. The van der Waals surface area contributed by atoms with Gasteiger partial charge in [-0.05, 0) is 44.4 Å². The molecule has 0 radical (unpaired) electrons. The maximum atomic E-state index is 6.60. The number of hydrogen-bond donors (Lipinski definition) is 1. The van der Waals surface area contributed by atoms with Crippen molar-refractivity contribution in [3.8, 4) is 0 Å². The van der Waals surface area contributed by atoms with E-state index in [1.54, 1.807) is 4.68 Å². The van der Waals surface area contributed by atoms with Crippen LogP contribution in [-0.2, 0) is 13.5 Å². The van der Waals surface area contributed by atoms with Gasteiger partial charge >= 0.3 is 0 Å². The summed E-state index contributed by atoms with van der Waals surface area (Å²) in [6.45, 7) is 6.65. The molecule has 4 heteroatoms. The van der Waals surface area contributed by atoms with E-state index in [4.69, 9.17) is 17.3 Å². The Hall–Kier alpha value is -0.540. The van der Waals surface area contributed by atoms with Gasteiger partial charge in [-0.15, -0.1) is 0 Å². The average molecular weight is 270 g/mol.